The molecule has 1 aromatic carbocycles. The number of aliphatic hydroxyl groups is 1. The first-order valence-corrected chi connectivity index (χ1v) is 10.7. The van der Waals surface area contributed by atoms with Crippen molar-refractivity contribution in [1.82, 2.24) is 9.80 Å². The van der Waals surface area contributed by atoms with Gasteiger partial charge in [0.05, 0.1) is 12.6 Å². The van der Waals surface area contributed by atoms with Crippen molar-refractivity contribution in [1.29, 1.82) is 0 Å². The van der Waals surface area contributed by atoms with E-state index in [0.717, 1.165) is 6.07 Å². The molecule has 10 heteroatoms. The first-order valence-electron chi connectivity index (χ1n) is 10.7. The number of carboxylic acid groups (broad SMARTS) is 2. The topological polar surface area (TPSA) is 118 Å². The molecular weight excluding hydrogens is 438 g/mol. The van der Waals surface area contributed by atoms with Gasteiger partial charge in [-0.1, -0.05) is 32.9 Å². The SMILES string of the molecule is CC(C)(C)N1C(=O)[C@](N(C(=O)O)C(=O)O)(C(C)(C)C)CC[C@@H](c2cccc(F)c2F)C1CO. The zero-order valence-electron chi connectivity index (χ0n) is 19.7. The average Bonchev–Trinajstić information content (AvgIpc) is 2.78. The number of carbonyl (C=O) groups excluding carboxylic acids is 1. The van der Waals surface area contributed by atoms with Gasteiger partial charge in [-0.25, -0.2) is 18.4 Å². The van der Waals surface area contributed by atoms with E-state index in [4.69, 9.17) is 0 Å². The van der Waals surface area contributed by atoms with E-state index in [2.05, 4.69) is 0 Å². The fourth-order valence-corrected chi connectivity index (χ4v) is 5.02. The third kappa shape index (κ3) is 4.40. The lowest BCUT2D eigenvalue weighted by Crippen LogP contribution is -2.70. The van der Waals surface area contributed by atoms with Crippen molar-refractivity contribution in [2.24, 2.45) is 5.41 Å². The molecule has 3 amide bonds. The van der Waals surface area contributed by atoms with Crippen LogP contribution in [0.2, 0.25) is 0 Å². The highest BCUT2D eigenvalue weighted by atomic mass is 19.2. The minimum absolute atomic E-state index is 0.0712. The summed E-state index contributed by atoms with van der Waals surface area (Å²) < 4.78 is 28.9. The Labute approximate surface area is 191 Å². The molecule has 184 valence electrons. The predicted octanol–water partition coefficient (Wildman–Crippen LogP) is 4.27. The molecule has 0 saturated carbocycles. The van der Waals surface area contributed by atoms with Gasteiger partial charge in [0.25, 0.3) is 5.91 Å². The van der Waals surface area contributed by atoms with E-state index in [1.807, 2.05) is 0 Å². The maximum absolute atomic E-state index is 14.8. The number of benzene rings is 1. The number of likely N-dealkylation sites (tertiary alicyclic amines) is 1. The second-order valence-corrected chi connectivity index (χ2v) is 10.4. The fraction of sp³-hybridized carbons (Fsp3) is 0.609. The minimum atomic E-state index is -2.08. The maximum Gasteiger partial charge on any atom is 0.417 e. The monoisotopic (exact) mass is 470 g/mol. The molecule has 33 heavy (non-hydrogen) atoms. The second kappa shape index (κ2) is 8.89. The summed E-state index contributed by atoms with van der Waals surface area (Å²) in [5.41, 5.74) is -4.38. The number of carbonyl (C=O) groups is 3. The lowest BCUT2D eigenvalue weighted by Gasteiger charge is -2.51. The average molecular weight is 471 g/mol. The molecule has 1 unspecified atom stereocenters. The Bertz CT molecular complexity index is 926. The molecule has 1 aliphatic heterocycles. The Morgan fingerprint density at radius 1 is 1.12 bits per heavy atom. The molecule has 0 bridgehead atoms. The Balaban J connectivity index is 2.91. The Morgan fingerprint density at radius 2 is 1.67 bits per heavy atom. The van der Waals surface area contributed by atoms with E-state index in [-0.39, 0.29) is 23.3 Å². The van der Waals surface area contributed by atoms with Crippen LogP contribution in [0.15, 0.2) is 18.2 Å². The van der Waals surface area contributed by atoms with Crippen LogP contribution in [-0.2, 0) is 4.79 Å². The highest BCUT2D eigenvalue weighted by molar-refractivity contribution is 5.98. The summed E-state index contributed by atoms with van der Waals surface area (Å²) in [6.07, 6.45) is -4.00. The first kappa shape index (κ1) is 26.5. The van der Waals surface area contributed by atoms with Crippen LogP contribution in [0.25, 0.3) is 0 Å². The Hall–Kier alpha value is -2.75. The van der Waals surface area contributed by atoms with Crippen LogP contribution in [0.3, 0.4) is 0 Å². The number of rotatable bonds is 3. The maximum atomic E-state index is 14.8. The minimum Gasteiger partial charge on any atom is -0.464 e. The van der Waals surface area contributed by atoms with Crippen molar-refractivity contribution >= 4 is 18.1 Å². The van der Waals surface area contributed by atoms with Gasteiger partial charge in [-0.05, 0) is 50.7 Å². The summed E-state index contributed by atoms with van der Waals surface area (Å²) in [5, 5.41) is 30.0. The molecule has 8 nitrogen and oxygen atoms in total. The summed E-state index contributed by atoms with van der Waals surface area (Å²) in [6, 6.07) is 2.57. The molecule has 1 saturated heterocycles. The first-order chi connectivity index (χ1) is 15.0. The highest BCUT2D eigenvalue weighted by Crippen LogP contribution is 2.49. The molecule has 1 fully saturated rings. The van der Waals surface area contributed by atoms with Gasteiger partial charge in [0.1, 0.15) is 5.54 Å². The van der Waals surface area contributed by atoms with E-state index < -0.39 is 64.8 Å². The largest absolute Gasteiger partial charge is 0.464 e. The van der Waals surface area contributed by atoms with Gasteiger partial charge >= 0.3 is 12.2 Å². The van der Waals surface area contributed by atoms with Gasteiger partial charge in [-0.15, -0.1) is 0 Å². The third-order valence-corrected chi connectivity index (χ3v) is 6.48. The van der Waals surface area contributed by atoms with E-state index in [9.17, 15) is 38.5 Å². The van der Waals surface area contributed by atoms with Crippen LogP contribution >= 0.6 is 0 Å². The fourth-order valence-electron chi connectivity index (χ4n) is 5.02. The number of amides is 3. The van der Waals surface area contributed by atoms with Crippen LogP contribution < -0.4 is 0 Å². The molecule has 0 radical (unpaired) electrons. The molecule has 3 atom stereocenters. The normalized spacial score (nSPS) is 24.4. The number of hydrogen-bond acceptors (Lipinski definition) is 4. The lowest BCUT2D eigenvalue weighted by molar-refractivity contribution is -0.158. The van der Waals surface area contributed by atoms with Crippen LogP contribution in [0.1, 0.15) is 65.9 Å². The number of hydrogen-bond donors (Lipinski definition) is 3. The molecule has 1 aromatic rings. The summed E-state index contributed by atoms with van der Waals surface area (Å²) >= 11 is 0. The van der Waals surface area contributed by atoms with Crippen LogP contribution in [0, 0.1) is 17.0 Å². The van der Waals surface area contributed by atoms with E-state index in [0.29, 0.717) is 0 Å². The predicted molar refractivity (Wildman–Crippen MR) is 116 cm³/mol. The lowest BCUT2D eigenvalue weighted by atomic mass is 9.68. The molecule has 1 aliphatic rings. The molecule has 1 heterocycles. The molecule has 0 spiro atoms. The van der Waals surface area contributed by atoms with Crippen molar-refractivity contribution in [2.75, 3.05) is 6.61 Å². The van der Waals surface area contributed by atoms with E-state index >= 15 is 0 Å². The highest BCUT2D eigenvalue weighted by Gasteiger charge is 2.62. The van der Waals surface area contributed by atoms with E-state index in [1.54, 1.807) is 41.5 Å². The van der Waals surface area contributed by atoms with E-state index in [1.165, 1.54) is 17.0 Å². The standard InChI is InChI=1S/C23H32F2N2O6/c1-21(2,3)23(27(19(30)31)20(32)33)11-10-13(14-8-7-9-15(24)17(14)25)16(12-28)26(18(23)29)22(4,5)6/h7-9,13,16,28H,10-12H2,1-6H3,(H,30,31)(H,32,33)/t13-,16?,23-/m0/s1. The van der Waals surface area contributed by atoms with Gasteiger partial charge in [-0.2, -0.15) is 4.90 Å². The van der Waals surface area contributed by atoms with Gasteiger partial charge in [-0.3, -0.25) is 4.79 Å². The molecule has 0 aliphatic carbocycles. The summed E-state index contributed by atoms with van der Waals surface area (Å²) in [5.74, 6) is -3.95. The quantitative estimate of drug-likeness (QED) is 0.607. The van der Waals surface area contributed by atoms with Crippen molar-refractivity contribution in [2.45, 2.75) is 77.4 Å². The summed E-state index contributed by atoms with van der Waals surface area (Å²) in [7, 11) is 0. The Morgan fingerprint density at radius 3 is 2.09 bits per heavy atom. The number of imide groups is 1. The number of aliphatic hydroxyl groups excluding tert-OH is 1. The molecule has 3 N–H and O–H groups in total. The third-order valence-electron chi connectivity index (χ3n) is 6.48. The van der Waals surface area contributed by atoms with Crippen LogP contribution in [0.4, 0.5) is 18.4 Å². The van der Waals surface area contributed by atoms with Gasteiger partial charge in [0.2, 0.25) is 0 Å². The van der Waals surface area contributed by atoms with Gasteiger partial charge in [0, 0.05) is 11.5 Å². The van der Waals surface area contributed by atoms with Crippen molar-refractivity contribution < 1.29 is 38.5 Å². The van der Waals surface area contributed by atoms with Crippen LogP contribution in [0.5, 0.6) is 0 Å². The smallest absolute Gasteiger partial charge is 0.417 e. The van der Waals surface area contributed by atoms with Crippen molar-refractivity contribution in [3.05, 3.63) is 35.4 Å². The van der Waals surface area contributed by atoms with Crippen molar-refractivity contribution in [3.63, 3.8) is 0 Å². The van der Waals surface area contributed by atoms with Gasteiger partial charge in [0.15, 0.2) is 11.6 Å². The second-order valence-electron chi connectivity index (χ2n) is 10.4. The zero-order chi connectivity index (χ0) is 25.5. The summed E-state index contributed by atoms with van der Waals surface area (Å²) in [6.45, 7) is 9.00. The Kier molecular flexibility index (Phi) is 7.14. The molecule has 0 aromatic heterocycles. The van der Waals surface area contributed by atoms with Crippen LogP contribution in [-0.4, -0.2) is 66.9 Å². The molecule has 2 rings (SSSR count). The number of nitrogens with zero attached hydrogens (tertiary/aromatic N) is 2. The zero-order valence-corrected chi connectivity index (χ0v) is 19.7. The van der Waals surface area contributed by atoms with Crippen molar-refractivity contribution in [3.8, 4) is 0 Å². The van der Waals surface area contributed by atoms with Gasteiger partial charge < -0.3 is 20.2 Å². The molecular formula is C23H32F2N2O6. The number of halogens is 2. The summed E-state index contributed by atoms with van der Waals surface area (Å²) in [4.78, 5) is 39.8.